The first-order valence-electron chi connectivity index (χ1n) is 5.24. The van der Waals surface area contributed by atoms with E-state index >= 15 is 0 Å². The Morgan fingerprint density at radius 3 is 3.06 bits per heavy atom. The SMILES string of the molecule is CSc1cc(NCCCOCCN)ncn1. The van der Waals surface area contributed by atoms with Crippen molar-refractivity contribution in [3.8, 4) is 0 Å². The number of rotatable bonds is 8. The minimum atomic E-state index is 0.580. The van der Waals surface area contributed by atoms with Crippen molar-refractivity contribution in [1.82, 2.24) is 9.97 Å². The molecule has 3 N–H and O–H groups in total. The van der Waals surface area contributed by atoms with E-state index in [4.69, 9.17) is 10.5 Å². The van der Waals surface area contributed by atoms with Gasteiger partial charge in [-0.25, -0.2) is 9.97 Å². The van der Waals surface area contributed by atoms with Gasteiger partial charge in [0.1, 0.15) is 17.2 Å². The minimum absolute atomic E-state index is 0.580. The van der Waals surface area contributed by atoms with Crippen LogP contribution in [0.2, 0.25) is 0 Å². The molecule has 0 atom stereocenters. The fourth-order valence-corrected chi connectivity index (χ4v) is 1.51. The van der Waals surface area contributed by atoms with E-state index in [0.717, 1.165) is 30.4 Å². The number of ether oxygens (including phenoxy) is 1. The molecule has 0 fully saturated rings. The fraction of sp³-hybridized carbons (Fsp3) is 0.600. The minimum Gasteiger partial charge on any atom is -0.380 e. The van der Waals surface area contributed by atoms with Crippen molar-refractivity contribution in [1.29, 1.82) is 0 Å². The van der Waals surface area contributed by atoms with Crippen LogP contribution < -0.4 is 11.1 Å². The number of hydrogen-bond donors (Lipinski definition) is 2. The molecule has 0 aliphatic carbocycles. The maximum absolute atomic E-state index is 5.31. The van der Waals surface area contributed by atoms with Crippen molar-refractivity contribution in [3.05, 3.63) is 12.4 Å². The maximum Gasteiger partial charge on any atom is 0.130 e. The highest BCUT2D eigenvalue weighted by molar-refractivity contribution is 7.98. The number of nitrogens with two attached hydrogens (primary N) is 1. The molecule has 0 saturated carbocycles. The smallest absolute Gasteiger partial charge is 0.130 e. The quantitative estimate of drug-likeness (QED) is 0.402. The largest absolute Gasteiger partial charge is 0.380 e. The second-order valence-electron chi connectivity index (χ2n) is 3.13. The van der Waals surface area contributed by atoms with Crippen LogP contribution in [0.5, 0.6) is 0 Å². The molecule has 16 heavy (non-hydrogen) atoms. The number of aromatic nitrogens is 2. The number of anilines is 1. The van der Waals surface area contributed by atoms with Crippen LogP contribution in [0.1, 0.15) is 6.42 Å². The van der Waals surface area contributed by atoms with Crippen molar-refractivity contribution in [2.45, 2.75) is 11.4 Å². The van der Waals surface area contributed by atoms with Crippen molar-refractivity contribution in [2.24, 2.45) is 5.73 Å². The molecule has 1 aromatic rings. The number of hydrogen-bond acceptors (Lipinski definition) is 6. The third-order valence-electron chi connectivity index (χ3n) is 1.88. The van der Waals surface area contributed by atoms with E-state index in [-0.39, 0.29) is 0 Å². The summed E-state index contributed by atoms with van der Waals surface area (Å²) in [5.41, 5.74) is 5.31. The summed E-state index contributed by atoms with van der Waals surface area (Å²) in [6.45, 7) is 2.78. The fourth-order valence-electron chi connectivity index (χ4n) is 1.12. The first kappa shape index (κ1) is 13.2. The topological polar surface area (TPSA) is 73.1 Å². The lowest BCUT2D eigenvalue weighted by Crippen LogP contribution is -2.11. The van der Waals surface area contributed by atoms with Crippen molar-refractivity contribution >= 4 is 17.6 Å². The van der Waals surface area contributed by atoms with Crippen LogP contribution in [-0.4, -0.2) is 42.5 Å². The van der Waals surface area contributed by atoms with Gasteiger partial charge in [-0.05, 0) is 12.7 Å². The van der Waals surface area contributed by atoms with Gasteiger partial charge < -0.3 is 15.8 Å². The van der Waals surface area contributed by atoms with E-state index in [1.807, 2.05) is 12.3 Å². The molecular formula is C10H18N4OS. The van der Waals surface area contributed by atoms with E-state index in [2.05, 4.69) is 15.3 Å². The molecule has 0 amide bonds. The zero-order chi connectivity index (χ0) is 11.6. The third kappa shape index (κ3) is 5.29. The molecule has 0 aromatic carbocycles. The number of thioether (sulfide) groups is 1. The summed E-state index contributed by atoms with van der Waals surface area (Å²) in [5, 5.41) is 4.19. The third-order valence-corrected chi connectivity index (χ3v) is 2.53. The summed E-state index contributed by atoms with van der Waals surface area (Å²) in [6, 6.07) is 1.94. The summed E-state index contributed by atoms with van der Waals surface area (Å²) in [5.74, 6) is 0.859. The van der Waals surface area contributed by atoms with Gasteiger partial charge in [0, 0.05) is 25.8 Å². The second kappa shape index (κ2) is 8.32. The van der Waals surface area contributed by atoms with Gasteiger partial charge in [-0.2, -0.15) is 0 Å². The first-order valence-corrected chi connectivity index (χ1v) is 6.47. The Balaban J connectivity index is 2.16. The molecule has 90 valence electrons. The molecule has 1 aromatic heterocycles. The molecule has 5 nitrogen and oxygen atoms in total. The van der Waals surface area contributed by atoms with Gasteiger partial charge >= 0.3 is 0 Å². The normalized spacial score (nSPS) is 10.4. The molecule has 6 heteroatoms. The van der Waals surface area contributed by atoms with Gasteiger partial charge in [0.25, 0.3) is 0 Å². The Bertz CT molecular complexity index is 298. The van der Waals surface area contributed by atoms with Crippen LogP contribution in [0.15, 0.2) is 17.4 Å². The lowest BCUT2D eigenvalue weighted by atomic mass is 10.4. The van der Waals surface area contributed by atoms with Crippen LogP contribution in [-0.2, 0) is 4.74 Å². The highest BCUT2D eigenvalue weighted by Gasteiger charge is 1.96. The lowest BCUT2D eigenvalue weighted by Gasteiger charge is -2.06. The summed E-state index contributed by atoms with van der Waals surface area (Å²) >= 11 is 1.60. The van der Waals surface area contributed by atoms with Crippen molar-refractivity contribution in [3.63, 3.8) is 0 Å². The Morgan fingerprint density at radius 1 is 1.44 bits per heavy atom. The molecule has 0 spiro atoms. The molecule has 1 heterocycles. The Hall–Kier alpha value is -0.850. The van der Waals surface area contributed by atoms with Gasteiger partial charge in [-0.15, -0.1) is 11.8 Å². The lowest BCUT2D eigenvalue weighted by molar-refractivity contribution is 0.141. The van der Waals surface area contributed by atoms with Gasteiger partial charge in [0.15, 0.2) is 0 Å². The van der Waals surface area contributed by atoms with Crippen LogP contribution in [0.4, 0.5) is 5.82 Å². The van der Waals surface area contributed by atoms with Gasteiger partial charge in [0.2, 0.25) is 0 Å². The number of nitrogens with zero attached hydrogens (tertiary/aromatic N) is 2. The molecule has 0 unspecified atom stereocenters. The van der Waals surface area contributed by atoms with E-state index in [1.165, 1.54) is 0 Å². The monoisotopic (exact) mass is 242 g/mol. The Kier molecular flexibility index (Phi) is 6.87. The zero-order valence-corrected chi connectivity index (χ0v) is 10.3. The van der Waals surface area contributed by atoms with Gasteiger partial charge in [-0.3, -0.25) is 0 Å². The molecular weight excluding hydrogens is 224 g/mol. The summed E-state index contributed by atoms with van der Waals surface area (Å²) in [4.78, 5) is 8.22. The summed E-state index contributed by atoms with van der Waals surface area (Å²) in [6.07, 6.45) is 4.50. The van der Waals surface area contributed by atoms with E-state index in [1.54, 1.807) is 18.1 Å². The molecule has 0 aliphatic rings. The van der Waals surface area contributed by atoms with E-state index in [9.17, 15) is 0 Å². The number of nitrogens with one attached hydrogen (secondary N) is 1. The molecule has 0 bridgehead atoms. The van der Waals surface area contributed by atoms with E-state index in [0.29, 0.717) is 13.2 Å². The molecule has 0 radical (unpaired) electrons. The van der Waals surface area contributed by atoms with Crippen LogP contribution in [0.3, 0.4) is 0 Å². The molecule has 0 saturated heterocycles. The van der Waals surface area contributed by atoms with Crippen molar-refractivity contribution in [2.75, 3.05) is 37.9 Å². The van der Waals surface area contributed by atoms with Crippen molar-refractivity contribution < 1.29 is 4.74 Å². The second-order valence-corrected chi connectivity index (χ2v) is 3.95. The van der Waals surface area contributed by atoms with Crippen LogP contribution >= 0.6 is 11.8 Å². The highest BCUT2D eigenvalue weighted by Crippen LogP contribution is 2.13. The Labute approximate surface area is 100 Å². The zero-order valence-electron chi connectivity index (χ0n) is 9.48. The standard InChI is InChI=1S/C10H18N4OS/c1-16-10-7-9(13-8-14-10)12-4-2-5-15-6-3-11/h7-8H,2-6,11H2,1H3,(H,12,13,14). The average molecular weight is 242 g/mol. The van der Waals surface area contributed by atoms with Crippen LogP contribution in [0.25, 0.3) is 0 Å². The highest BCUT2D eigenvalue weighted by atomic mass is 32.2. The summed E-state index contributed by atoms with van der Waals surface area (Å²) in [7, 11) is 0. The molecule has 0 aliphatic heterocycles. The Morgan fingerprint density at radius 2 is 2.31 bits per heavy atom. The predicted molar refractivity (Wildman–Crippen MR) is 66.8 cm³/mol. The maximum atomic E-state index is 5.31. The van der Waals surface area contributed by atoms with Gasteiger partial charge in [-0.1, -0.05) is 0 Å². The van der Waals surface area contributed by atoms with E-state index < -0.39 is 0 Å². The molecule has 1 rings (SSSR count). The van der Waals surface area contributed by atoms with Crippen LogP contribution in [0, 0.1) is 0 Å². The first-order chi connectivity index (χ1) is 7.86. The van der Waals surface area contributed by atoms with Gasteiger partial charge in [0.05, 0.1) is 6.61 Å². The predicted octanol–water partition coefficient (Wildman–Crippen LogP) is 0.976. The average Bonchev–Trinajstić information content (AvgIpc) is 2.34. The summed E-state index contributed by atoms with van der Waals surface area (Å²) < 4.78 is 5.26.